The van der Waals surface area contributed by atoms with E-state index in [4.69, 9.17) is 0 Å². The van der Waals surface area contributed by atoms with Crippen LogP contribution in [0.2, 0.25) is 0 Å². The fourth-order valence-corrected chi connectivity index (χ4v) is 1.88. The van der Waals surface area contributed by atoms with Gasteiger partial charge in [-0.2, -0.15) is 26.3 Å². The van der Waals surface area contributed by atoms with Crippen LogP contribution in [0.1, 0.15) is 12.8 Å². The molecule has 0 spiro atoms. The van der Waals surface area contributed by atoms with Gasteiger partial charge in [0.15, 0.2) is 5.60 Å². The van der Waals surface area contributed by atoms with E-state index in [1.54, 1.807) is 0 Å². The van der Waals surface area contributed by atoms with Crippen molar-refractivity contribution in [3.8, 4) is 0 Å². The summed E-state index contributed by atoms with van der Waals surface area (Å²) < 4.78 is 110. The number of rotatable bonds is 5. The lowest BCUT2D eigenvalue weighted by Gasteiger charge is -2.42. The van der Waals surface area contributed by atoms with Crippen LogP contribution in [0.25, 0.3) is 0 Å². The van der Waals surface area contributed by atoms with Crippen LogP contribution in [-0.2, 0) is 9.09 Å². The molecule has 0 atom stereocenters. The number of phosphoric ester groups is 1. The van der Waals surface area contributed by atoms with Gasteiger partial charge in [-0.25, -0.2) is 8.78 Å². The van der Waals surface area contributed by atoms with E-state index in [0.717, 1.165) is 0 Å². The van der Waals surface area contributed by atoms with Gasteiger partial charge in [-0.3, -0.25) is 0 Å². The summed E-state index contributed by atoms with van der Waals surface area (Å²) in [5.41, 5.74) is -4.52. The van der Waals surface area contributed by atoms with E-state index in [9.17, 15) is 49.5 Å². The van der Waals surface area contributed by atoms with Crippen molar-refractivity contribution in [2.24, 2.45) is 0 Å². The monoisotopic (exact) mass is 324 g/mol. The second-order valence-corrected chi connectivity index (χ2v) is 4.56. The molecule has 0 aromatic heterocycles. The lowest BCUT2D eigenvalue weighted by molar-refractivity contribution is -0.361. The molecule has 0 saturated carbocycles. The Morgan fingerprint density at radius 3 is 1.42 bits per heavy atom. The molecule has 0 fully saturated rings. The predicted molar refractivity (Wildman–Crippen MR) is 38.8 cm³/mol. The average Bonchev–Trinajstić information content (AvgIpc) is 1.91. The third-order valence-corrected chi connectivity index (χ3v) is 2.28. The highest BCUT2D eigenvalue weighted by Gasteiger charge is 2.56. The first-order valence-corrected chi connectivity index (χ1v) is 5.67. The standard InChI is InChI=1S/C6H7F8O4P/c7-3(8)4(1-5(9,10)11,2-6(12,13)14)18-19(15,16)17/h3H,1-2H2,(H2,15,16,17)/p-2. The van der Waals surface area contributed by atoms with Crippen LogP contribution >= 0.6 is 7.82 Å². The van der Waals surface area contributed by atoms with Gasteiger partial charge >= 0.3 is 12.4 Å². The van der Waals surface area contributed by atoms with Crippen molar-refractivity contribution in [1.29, 1.82) is 0 Å². The fourth-order valence-electron chi connectivity index (χ4n) is 1.22. The summed E-state index contributed by atoms with van der Waals surface area (Å²) in [6.07, 6.45) is -21.6. The molecular formula is C6H5F8O4P-2. The topological polar surface area (TPSA) is 72.4 Å². The molecule has 4 nitrogen and oxygen atoms in total. The maximum atomic E-state index is 12.4. The highest BCUT2D eigenvalue weighted by atomic mass is 31.2. The Bertz CT molecular complexity index is 328. The van der Waals surface area contributed by atoms with E-state index in [1.165, 1.54) is 0 Å². The molecule has 0 radical (unpaired) electrons. The third kappa shape index (κ3) is 7.65. The molecule has 0 saturated heterocycles. The van der Waals surface area contributed by atoms with E-state index >= 15 is 0 Å². The zero-order chi connectivity index (χ0) is 15.7. The van der Waals surface area contributed by atoms with Crippen molar-refractivity contribution in [3.05, 3.63) is 0 Å². The molecule has 0 unspecified atom stereocenters. The van der Waals surface area contributed by atoms with Gasteiger partial charge in [0.2, 0.25) is 0 Å². The largest absolute Gasteiger partial charge is 0.790 e. The fraction of sp³-hybridized carbons (Fsp3) is 1.00. The minimum atomic E-state index is -6.49. The summed E-state index contributed by atoms with van der Waals surface area (Å²) in [5.74, 6) is 0. The Labute approximate surface area is 100 Å². The normalized spacial score (nSPS) is 15.1. The van der Waals surface area contributed by atoms with Crippen LogP contribution in [0, 0.1) is 0 Å². The molecule has 0 aliphatic carbocycles. The number of phosphoric acid groups is 1. The summed E-state index contributed by atoms with van der Waals surface area (Å²) in [7, 11) is -6.49. The Morgan fingerprint density at radius 1 is 0.947 bits per heavy atom. The van der Waals surface area contributed by atoms with Gasteiger partial charge in [0.05, 0.1) is 20.7 Å². The van der Waals surface area contributed by atoms with Gasteiger partial charge in [0.25, 0.3) is 6.43 Å². The first-order valence-electron chi connectivity index (χ1n) is 4.21. The zero-order valence-corrected chi connectivity index (χ0v) is 9.49. The van der Waals surface area contributed by atoms with Gasteiger partial charge in [-0.15, -0.1) is 0 Å². The number of halogens is 8. The van der Waals surface area contributed by atoms with Gasteiger partial charge in [-0.05, 0) is 0 Å². The van der Waals surface area contributed by atoms with Gasteiger partial charge in [-0.1, -0.05) is 0 Å². The highest BCUT2D eigenvalue weighted by molar-refractivity contribution is 7.43. The zero-order valence-electron chi connectivity index (χ0n) is 8.60. The molecule has 0 aromatic rings. The Balaban J connectivity index is 5.55. The predicted octanol–water partition coefficient (Wildman–Crippen LogP) is 1.74. The molecule has 0 bridgehead atoms. The maximum Gasteiger partial charge on any atom is 0.392 e. The van der Waals surface area contributed by atoms with E-state index in [0.29, 0.717) is 0 Å². The summed E-state index contributed by atoms with van der Waals surface area (Å²) in [5, 5.41) is 0. The van der Waals surface area contributed by atoms with Crippen LogP contribution < -0.4 is 9.79 Å². The molecule has 0 rings (SSSR count). The first-order chi connectivity index (χ1) is 8.06. The molecule has 0 N–H and O–H groups in total. The first kappa shape index (κ1) is 18.6. The molecular weight excluding hydrogens is 319 g/mol. The van der Waals surface area contributed by atoms with E-state index in [-0.39, 0.29) is 0 Å². The van der Waals surface area contributed by atoms with Crippen LogP contribution in [-0.4, -0.2) is 24.4 Å². The summed E-state index contributed by atoms with van der Waals surface area (Å²) >= 11 is 0. The second kappa shape index (κ2) is 5.51. The Morgan fingerprint density at radius 2 is 1.26 bits per heavy atom. The smallest absolute Gasteiger partial charge is 0.392 e. The second-order valence-electron chi connectivity index (χ2n) is 3.49. The maximum absolute atomic E-state index is 12.4. The van der Waals surface area contributed by atoms with E-state index in [2.05, 4.69) is 4.52 Å². The molecule has 0 amide bonds. The van der Waals surface area contributed by atoms with Crippen molar-refractivity contribution in [3.63, 3.8) is 0 Å². The van der Waals surface area contributed by atoms with Crippen molar-refractivity contribution in [2.75, 3.05) is 0 Å². The van der Waals surface area contributed by atoms with E-state index in [1.807, 2.05) is 0 Å². The van der Waals surface area contributed by atoms with Gasteiger partial charge in [0.1, 0.15) is 0 Å². The Kier molecular flexibility index (Phi) is 5.37. The molecule has 19 heavy (non-hydrogen) atoms. The molecule has 0 aromatic carbocycles. The summed E-state index contributed by atoms with van der Waals surface area (Å²) in [6, 6.07) is 0. The van der Waals surface area contributed by atoms with Gasteiger partial charge < -0.3 is 18.9 Å². The van der Waals surface area contributed by atoms with E-state index < -0.39 is 45.0 Å². The average molecular weight is 324 g/mol. The van der Waals surface area contributed by atoms with Crippen molar-refractivity contribution in [2.45, 2.75) is 37.2 Å². The lowest BCUT2D eigenvalue weighted by atomic mass is 9.95. The summed E-state index contributed by atoms with van der Waals surface area (Å²) in [4.78, 5) is 20.2. The SMILES string of the molecule is O=P([O-])([O-])OC(CC(F)(F)F)(CC(F)(F)F)C(F)F. The molecule has 0 aliphatic rings. The Hall–Kier alpha value is -0.450. The van der Waals surface area contributed by atoms with Gasteiger partial charge in [0, 0.05) is 0 Å². The van der Waals surface area contributed by atoms with Crippen molar-refractivity contribution < 1.29 is 54.0 Å². The van der Waals surface area contributed by atoms with Crippen LogP contribution in [0.4, 0.5) is 35.1 Å². The molecule has 116 valence electrons. The van der Waals surface area contributed by atoms with Crippen LogP contribution in [0.3, 0.4) is 0 Å². The molecule has 0 aliphatic heterocycles. The lowest BCUT2D eigenvalue weighted by Crippen LogP contribution is -2.48. The molecule has 13 heteroatoms. The quantitative estimate of drug-likeness (QED) is 0.570. The minimum absolute atomic E-state index is 2.89. The van der Waals surface area contributed by atoms with Crippen LogP contribution in [0.5, 0.6) is 0 Å². The van der Waals surface area contributed by atoms with Crippen LogP contribution in [0.15, 0.2) is 0 Å². The number of hydrogen-bond acceptors (Lipinski definition) is 4. The third-order valence-electron chi connectivity index (χ3n) is 1.69. The number of hydrogen-bond donors (Lipinski definition) is 0. The number of alkyl halides is 8. The minimum Gasteiger partial charge on any atom is -0.790 e. The van der Waals surface area contributed by atoms with Crippen molar-refractivity contribution in [1.82, 2.24) is 0 Å². The molecule has 0 heterocycles. The van der Waals surface area contributed by atoms with Crippen molar-refractivity contribution >= 4 is 7.82 Å². The highest BCUT2D eigenvalue weighted by Crippen LogP contribution is 2.47. The summed E-state index contributed by atoms with van der Waals surface area (Å²) in [6.45, 7) is 0.